The molecule has 0 spiro atoms. The molecular weight excluding hydrogens is 240 g/mol. The van der Waals surface area contributed by atoms with Crippen LogP contribution in [0.2, 0.25) is 0 Å². The summed E-state index contributed by atoms with van der Waals surface area (Å²) in [5.74, 6) is 0.987. The maximum Gasteiger partial charge on any atom is 0.152 e. The van der Waals surface area contributed by atoms with Gasteiger partial charge >= 0.3 is 0 Å². The number of oxime groups is 1. The van der Waals surface area contributed by atoms with E-state index in [1.165, 1.54) is 0 Å². The molecule has 1 rings (SSSR count). The summed E-state index contributed by atoms with van der Waals surface area (Å²) in [6.45, 7) is 6.86. The number of hydrogen-bond donors (Lipinski definition) is 0. The molecule has 0 amide bonds. The van der Waals surface area contributed by atoms with Gasteiger partial charge in [-0.2, -0.15) is 0 Å². The molecule has 1 aliphatic heterocycles. The van der Waals surface area contributed by atoms with Crippen molar-refractivity contribution in [2.24, 2.45) is 11.1 Å². The highest BCUT2D eigenvalue weighted by molar-refractivity contribution is 7.91. The van der Waals surface area contributed by atoms with E-state index in [9.17, 15) is 8.42 Å². The fourth-order valence-electron chi connectivity index (χ4n) is 1.54. The molecule has 0 aromatic carbocycles. The van der Waals surface area contributed by atoms with Gasteiger partial charge in [-0.15, -0.1) is 0 Å². The molecule has 0 saturated carbocycles. The average molecular weight is 262 g/mol. The Morgan fingerprint density at radius 1 is 1.35 bits per heavy atom. The van der Waals surface area contributed by atoms with Crippen LogP contribution in [0.25, 0.3) is 0 Å². The van der Waals surface area contributed by atoms with Crippen LogP contribution in [0.15, 0.2) is 5.16 Å². The lowest BCUT2D eigenvalue weighted by molar-refractivity contribution is 0.130. The van der Waals surface area contributed by atoms with Gasteiger partial charge in [-0.25, -0.2) is 8.42 Å². The van der Waals surface area contributed by atoms with Crippen LogP contribution in [0.4, 0.5) is 0 Å². The van der Waals surface area contributed by atoms with E-state index >= 15 is 0 Å². The van der Waals surface area contributed by atoms with Crippen LogP contribution in [0.1, 0.15) is 20.3 Å². The predicted octanol–water partition coefficient (Wildman–Crippen LogP) is 0.765. The molecule has 100 valence electrons. The highest BCUT2D eigenvalue weighted by Crippen LogP contribution is 2.04. The Morgan fingerprint density at radius 2 is 2.00 bits per heavy atom. The standard InChI is InChI=1S/C11H22N2O3S/c1-11(2)10-12-16-7-3-4-13-5-8-17(14,15)9-6-13/h10-11H,3-9H2,1-2H3/b12-10+. The van der Waals surface area contributed by atoms with E-state index in [0.717, 1.165) is 13.0 Å². The van der Waals surface area contributed by atoms with Crippen molar-refractivity contribution in [2.45, 2.75) is 20.3 Å². The van der Waals surface area contributed by atoms with Crippen LogP contribution in [-0.4, -0.2) is 57.3 Å². The Balaban J connectivity index is 2.04. The zero-order valence-electron chi connectivity index (χ0n) is 10.6. The van der Waals surface area contributed by atoms with Crippen LogP contribution in [0.5, 0.6) is 0 Å². The van der Waals surface area contributed by atoms with E-state index in [1.54, 1.807) is 6.21 Å². The lowest BCUT2D eigenvalue weighted by Crippen LogP contribution is -2.40. The first-order valence-electron chi connectivity index (χ1n) is 6.08. The van der Waals surface area contributed by atoms with Gasteiger partial charge in [0.25, 0.3) is 0 Å². The summed E-state index contributed by atoms with van der Waals surface area (Å²) in [5, 5.41) is 3.84. The lowest BCUT2D eigenvalue weighted by Gasteiger charge is -2.26. The highest BCUT2D eigenvalue weighted by Gasteiger charge is 2.20. The Morgan fingerprint density at radius 3 is 2.59 bits per heavy atom. The topological polar surface area (TPSA) is 59.0 Å². The van der Waals surface area contributed by atoms with Crippen LogP contribution < -0.4 is 0 Å². The van der Waals surface area contributed by atoms with Crippen molar-refractivity contribution in [3.63, 3.8) is 0 Å². The third-order valence-electron chi connectivity index (χ3n) is 2.58. The van der Waals surface area contributed by atoms with Crippen LogP contribution in [-0.2, 0) is 14.7 Å². The molecule has 1 heterocycles. The minimum Gasteiger partial charge on any atom is -0.396 e. The molecule has 0 unspecified atom stereocenters. The minimum absolute atomic E-state index is 0.291. The van der Waals surface area contributed by atoms with E-state index in [-0.39, 0.29) is 0 Å². The van der Waals surface area contributed by atoms with Crippen molar-refractivity contribution in [3.05, 3.63) is 0 Å². The van der Waals surface area contributed by atoms with Crippen LogP contribution in [0, 0.1) is 5.92 Å². The van der Waals surface area contributed by atoms with Gasteiger partial charge in [0.15, 0.2) is 9.84 Å². The largest absolute Gasteiger partial charge is 0.396 e. The Bertz CT molecular complexity index is 325. The number of nitrogens with zero attached hydrogens (tertiary/aromatic N) is 2. The van der Waals surface area contributed by atoms with E-state index in [1.807, 2.05) is 13.8 Å². The van der Waals surface area contributed by atoms with Gasteiger partial charge < -0.3 is 9.74 Å². The second-order valence-corrected chi connectivity index (χ2v) is 6.98. The molecular formula is C11H22N2O3S. The summed E-state index contributed by atoms with van der Waals surface area (Å²) in [5.41, 5.74) is 0. The highest BCUT2D eigenvalue weighted by atomic mass is 32.2. The Labute approximate surface area is 104 Å². The molecule has 5 nitrogen and oxygen atoms in total. The van der Waals surface area contributed by atoms with Crippen LogP contribution in [0.3, 0.4) is 0 Å². The van der Waals surface area contributed by atoms with Crippen LogP contribution >= 0.6 is 0 Å². The molecule has 0 aromatic rings. The Hall–Kier alpha value is -0.620. The Kier molecular flexibility index (Phi) is 5.91. The maximum atomic E-state index is 11.2. The quantitative estimate of drug-likeness (QED) is 0.403. The van der Waals surface area contributed by atoms with Gasteiger partial charge in [0, 0.05) is 25.8 Å². The first kappa shape index (κ1) is 14.4. The minimum atomic E-state index is -2.76. The monoisotopic (exact) mass is 262 g/mol. The molecule has 1 fully saturated rings. The summed E-state index contributed by atoms with van der Waals surface area (Å²) in [6, 6.07) is 0. The van der Waals surface area contributed by atoms with Gasteiger partial charge in [-0.1, -0.05) is 19.0 Å². The van der Waals surface area contributed by atoms with E-state index in [0.29, 0.717) is 37.1 Å². The van der Waals surface area contributed by atoms with Gasteiger partial charge in [0.05, 0.1) is 11.5 Å². The lowest BCUT2D eigenvalue weighted by atomic mass is 10.3. The number of rotatable bonds is 6. The molecule has 6 heteroatoms. The van der Waals surface area contributed by atoms with Gasteiger partial charge in [-0.05, 0) is 12.3 Å². The molecule has 0 atom stereocenters. The van der Waals surface area contributed by atoms with E-state index in [4.69, 9.17) is 4.84 Å². The summed E-state index contributed by atoms with van der Waals surface area (Å²) in [7, 11) is -2.76. The van der Waals surface area contributed by atoms with Gasteiger partial charge in [0.1, 0.15) is 6.61 Å². The van der Waals surface area contributed by atoms with Crippen molar-refractivity contribution in [1.82, 2.24) is 4.90 Å². The number of sulfone groups is 1. The zero-order chi connectivity index (χ0) is 12.7. The molecule has 1 saturated heterocycles. The summed E-state index contributed by atoms with van der Waals surface area (Å²) in [6.07, 6.45) is 2.66. The SMILES string of the molecule is CC(C)/C=N/OCCCN1CCS(=O)(=O)CC1. The average Bonchev–Trinajstić information content (AvgIpc) is 2.25. The van der Waals surface area contributed by atoms with Gasteiger partial charge in [-0.3, -0.25) is 0 Å². The molecule has 17 heavy (non-hydrogen) atoms. The summed E-state index contributed by atoms with van der Waals surface area (Å²) >= 11 is 0. The second kappa shape index (κ2) is 6.96. The third kappa shape index (κ3) is 6.63. The van der Waals surface area contributed by atoms with Crippen molar-refractivity contribution >= 4 is 16.1 Å². The summed E-state index contributed by atoms with van der Waals surface area (Å²) < 4.78 is 22.4. The van der Waals surface area contributed by atoms with E-state index in [2.05, 4.69) is 10.1 Å². The molecule has 1 aliphatic rings. The second-order valence-electron chi connectivity index (χ2n) is 4.68. The third-order valence-corrected chi connectivity index (χ3v) is 4.19. The van der Waals surface area contributed by atoms with E-state index < -0.39 is 9.84 Å². The molecule has 0 radical (unpaired) electrons. The fraction of sp³-hybridized carbons (Fsp3) is 0.909. The first-order valence-corrected chi connectivity index (χ1v) is 7.90. The van der Waals surface area contributed by atoms with Crippen molar-refractivity contribution < 1.29 is 13.3 Å². The first-order chi connectivity index (χ1) is 7.99. The molecule has 0 bridgehead atoms. The molecule has 0 aromatic heterocycles. The number of hydrogen-bond acceptors (Lipinski definition) is 5. The molecule has 0 N–H and O–H groups in total. The summed E-state index contributed by atoms with van der Waals surface area (Å²) in [4.78, 5) is 7.26. The van der Waals surface area contributed by atoms with Crippen molar-refractivity contribution in [2.75, 3.05) is 37.7 Å². The van der Waals surface area contributed by atoms with Gasteiger partial charge in [0.2, 0.25) is 0 Å². The van der Waals surface area contributed by atoms with Crippen molar-refractivity contribution in [3.8, 4) is 0 Å². The smallest absolute Gasteiger partial charge is 0.152 e. The van der Waals surface area contributed by atoms with Crippen molar-refractivity contribution in [1.29, 1.82) is 0 Å². The predicted molar refractivity (Wildman–Crippen MR) is 69.0 cm³/mol. The normalized spacial score (nSPS) is 21.1. The maximum absolute atomic E-state index is 11.2. The molecule has 0 aliphatic carbocycles. The fourth-order valence-corrected chi connectivity index (χ4v) is 2.82. The zero-order valence-corrected chi connectivity index (χ0v) is 11.4.